The molecule has 2 aromatic rings. The average molecular weight is 707 g/mol. The van der Waals surface area contributed by atoms with Crippen molar-refractivity contribution in [2.24, 2.45) is 0 Å². The second-order valence-electron chi connectivity index (χ2n) is 12.4. The van der Waals surface area contributed by atoms with Gasteiger partial charge in [-0.25, -0.2) is 0 Å². The molecule has 0 amide bonds. The van der Waals surface area contributed by atoms with Crippen LogP contribution in [-0.2, 0) is 37.8 Å². The molecule has 0 heterocycles. The maximum absolute atomic E-state index is 12.2. The molecular weight excluding hydrogens is 648 g/mol. The Bertz CT molecular complexity index is 1160. The van der Waals surface area contributed by atoms with E-state index in [1.165, 1.54) is 77.0 Å². The summed E-state index contributed by atoms with van der Waals surface area (Å²) < 4.78 is 74.1. The Morgan fingerprint density at radius 2 is 0.826 bits per heavy atom. The fourth-order valence-corrected chi connectivity index (χ4v) is 7.62. The molecule has 2 atom stereocenters. The predicted octanol–water partition coefficient (Wildman–Crippen LogP) is 8.98. The van der Waals surface area contributed by atoms with Crippen LogP contribution in [-0.4, -0.2) is 90.5 Å². The van der Waals surface area contributed by atoms with Crippen LogP contribution < -0.4 is 0 Å². The van der Waals surface area contributed by atoms with Gasteiger partial charge in [-0.2, -0.15) is 16.8 Å². The number of benzene rings is 2. The van der Waals surface area contributed by atoms with Crippen molar-refractivity contribution >= 4 is 71.6 Å². The van der Waals surface area contributed by atoms with E-state index >= 15 is 0 Å². The minimum atomic E-state index is -4.37. The standard InChI is InChI=1S/C36H58O7S2.K.H/c1-3-5-7-9-11-13-15-17-31-19-23-33(24-20-31)35(44(37,38)39)27-29-43-30-28-36(45(40,41)42)34-25-21-32(22-26-34)18-16-14-12-10-8-6-4-2;;/h19-26,35-36H,3-18,27-30H2,1-2H3,(H,37,38,39)(H,40,41,42);;. The second kappa shape index (κ2) is 24.9. The molecule has 258 valence electrons. The summed E-state index contributed by atoms with van der Waals surface area (Å²) in [4.78, 5) is 0. The molecule has 0 aliphatic heterocycles. The van der Waals surface area contributed by atoms with Crippen molar-refractivity contribution in [3.8, 4) is 0 Å². The van der Waals surface area contributed by atoms with E-state index in [4.69, 9.17) is 4.74 Å². The third-order valence-electron chi connectivity index (χ3n) is 8.61. The molecule has 2 aromatic carbocycles. The van der Waals surface area contributed by atoms with Crippen LogP contribution in [0, 0.1) is 0 Å². The summed E-state index contributed by atoms with van der Waals surface area (Å²) in [6.45, 7) is 4.45. The maximum atomic E-state index is 12.2. The molecule has 0 aliphatic carbocycles. The summed E-state index contributed by atoms with van der Waals surface area (Å²) in [6, 6.07) is 14.7. The van der Waals surface area contributed by atoms with Crippen molar-refractivity contribution in [2.75, 3.05) is 13.2 Å². The van der Waals surface area contributed by atoms with Crippen LogP contribution in [0.2, 0.25) is 0 Å². The fraction of sp³-hybridized carbons (Fsp3) is 0.667. The topological polar surface area (TPSA) is 118 Å². The van der Waals surface area contributed by atoms with Crippen LogP contribution in [0.15, 0.2) is 48.5 Å². The molecule has 0 spiro atoms. The van der Waals surface area contributed by atoms with Gasteiger partial charge in [0.2, 0.25) is 0 Å². The Kier molecular flexibility index (Phi) is 23.8. The molecule has 0 saturated heterocycles. The Morgan fingerprint density at radius 1 is 0.522 bits per heavy atom. The summed E-state index contributed by atoms with van der Waals surface area (Å²) in [5, 5.41) is -2.27. The van der Waals surface area contributed by atoms with Gasteiger partial charge in [0.25, 0.3) is 20.2 Å². The van der Waals surface area contributed by atoms with Crippen molar-refractivity contribution in [3.63, 3.8) is 0 Å². The van der Waals surface area contributed by atoms with E-state index in [1.54, 1.807) is 24.3 Å². The van der Waals surface area contributed by atoms with Gasteiger partial charge >= 0.3 is 51.4 Å². The number of hydrogen-bond acceptors (Lipinski definition) is 5. The third kappa shape index (κ3) is 18.6. The zero-order valence-electron chi connectivity index (χ0n) is 27.7. The first kappa shape index (κ1) is 43.9. The number of rotatable bonds is 26. The molecule has 10 heteroatoms. The van der Waals surface area contributed by atoms with Crippen molar-refractivity contribution in [2.45, 2.75) is 140 Å². The summed E-state index contributed by atoms with van der Waals surface area (Å²) in [7, 11) is -8.73. The third-order valence-corrected chi connectivity index (χ3v) is 11.1. The zero-order valence-corrected chi connectivity index (χ0v) is 29.3. The number of aryl methyl sites for hydroxylation is 2. The molecule has 0 aliphatic rings. The molecule has 0 bridgehead atoms. The van der Waals surface area contributed by atoms with Crippen LogP contribution in [0.25, 0.3) is 0 Å². The van der Waals surface area contributed by atoms with E-state index in [1.807, 2.05) is 24.3 Å². The van der Waals surface area contributed by atoms with Gasteiger partial charge in [-0.05, 0) is 60.8 Å². The van der Waals surface area contributed by atoms with Crippen LogP contribution in [0.4, 0.5) is 0 Å². The number of hydrogen-bond donors (Lipinski definition) is 2. The van der Waals surface area contributed by atoms with E-state index in [2.05, 4.69) is 13.8 Å². The summed E-state index contributed by atoms with van der Waals surface area (Å²) in [6.07, 6.45) is 19.1. The van der Waals surface area contributed by atoms with Gasteiger partial charge in [-0.1, -0.05) is 139 Å². The van der Waals surface area contributed by atoms with Crippen LogP contribution in [0.5, 0.6) is 0 Å². The Labute approximate surface area is 323 Å². The molecule has 2 rings (SSSR count). The summed E-state index contributed by atoms with van der Waals surface area (Å²) in [5.74, 6) is 0. The van der Waals surface area contributed by atoms with Gasteiger partial charge in [0, 0.05) is 13.2 Å². The summed E-state index contributed by atoms with van der Waals surface area (Å²) >= 11 is 0. The van der Waals surface area contributed by atoms with Crippen LogP contribution >= 0.6 is 0 Å². The molecule has 2 unspecified atom stereocenters. The quantitative estimate of drug-likeness (QED) is 0.0570. The van der Waals surface area contributed by atoms with Gasteiger partial charge in [-0.15, -0.1) is 0 Å². The Balaban J connectivity index is 0.0000106. The van der Waals surface area contributed by atoms with Gasteiger partial charge in [0.05, 0.1) is 0 Å². The summed E-state index contributed by atoms with van der Waals surface area (Å²) in [5.41, 5.74) is 3.27. The molecule has 7 nitrogen and oxygen atoms in total. The molecule has 0 aromatic heterocycles. The number of unbranched alkanes of at least 4 members (excludes halogenated alkanes) is 12. The normalized spacial score (nSPS) is 13.3. The van der Waals surface area contributed by atoms with Crippen LogP contribution in [0.3, 0.4) is 0 Å². The SMILES string of the molecule is CCCCCCCCCc1ccc(C(CCOCCC(c2ccc(CCCCCCCCC)cc2)S(=O)(=O)O)S(=O)(=O)O)cc1.[KH]. The monoisotopic (exact) mass is 706 g/mol. The first-order chi connectivity index (χ1) is 21.6. The molecular formula is C36H59KO7S2. The minimum absolute atomic E-state index is 0. The van der Waals surface area contributed by atoms with Crippen LogP contribution in [0.1, 0.15) is 149 Å². The van der Waals surface area contributed by atoms with Gasteiger partial charge < -0.3 is 4.74 Å². The van der Waals surface area contributed by atoms with E-state index in [9.17, 15) is 25.9 Å². The molecule has 46 heavy (non-hydrogen) atoms. The second-order valence-corrected chi connectivity index (χ2v) is 15.6. The van der Waals surface area contributed by atoms with Gasteiger partial charge in [0.15, 0.2) is 0 Å². The first-order valence-electron chi connectivity index (χ1n) is 17.2. The van der Waals surface area contributed by atoms with Crippen molar-refractivity contribution in [1.82, 2.24) is 0 Å². The molecule has 2 N–H and O–H groups in total. The molecule has 0 fully saturated rings. The van der Waals surface area contributed by atoms with E-state index in [0.717, 1.165) is 36.8 Å². The Morgan fingerprint density at radius 3 is 1.13 bits per heavy atom. The fourth-order valence-electron chi connectivity index (χ4n) is 5.83. The molecule has 0 saturated carbocycles. The average Bonchev–Trinajstić information content (AvgIpc) is 2.99. The first-order valence-corrected chi connectivity index (χ1v) is 20.2. The Hall–Kier alpha value is -0.144. The van der Waals surface area contributed by atoms with Crippen molar-refractivity contribution in [3.05, 3.63) is 70.8 Å². The number of ether oxygens (including phenoxy) is 1. The predicted molar refractivity (Wildman–Crippen MR) is 192 cm³/mol. The van der Waals surface area contributed by atoms with E-state index in [0.29, 0.717) is 11.1 Å². The van der Waals surface area contributed by atoms with Crippen molar-refractivity contribution < 1.29 is 30.7 Å². The van der Waals surface area contributed by atoms with Gasteiger partial charge in [0.1, 0.15) is 10.5 Å². The van der Waals surface area contributed by atoms with E-state index < -0.39 is 30.7 Å². The van der Waals surface area contributed by atoms with Gasteiger partial charge in [-0.3, -0.25) is 9.11 Å². The van der Waals surface area contributed by atoms with E-state index in [-0.39, 0.29) is 77.4 Å². The van der Waals surface area contributed by atoms with Crippen molar-refractivity contribution in [1.29, 1.82) is 0 Å². The molecule has 0 radical (unpaired) electrons. The zero-order chi connectivity index (χ0) is 33.0.